The molecule has 3 aromatic heterocycles. The van der Waals surface area contributed by atoms with Crippen LogP contribution in [0, 0.1) is 13.8 Å². The van der Waals surface area contributed by atoms with Gasteiger partial charge in [0.1, 0.15) is 35.1 Å². The Bertz CT molecular complexity index is 1360. The van der Waals surface area contributed by atoms with E-state index >= 15 is 0 Å². The number of aryl methyl sites for hydroxylation is 2. The fourth-order valence-corrected chi connectivity index (χ4v) is 3.66. The molecule has 4 aromatic rings. The molecular weight excluding hydrogens is 450 g/mol. The van der Waals surface area contributed by atoms with Crippen LogP contribution in [0.5, 0.6) is 5.88 Å². The number of carbonyl (C=O) groups excluding carboxylic acids is 2. The van der Waals surface area contributed by atoms with Gasteiger partial charge in [-0.05, 0) is 32.9 Å². The summed E-state index contributed by atoms with van der Waals surface area (Å²) in [5.74, 6) is 0.459. The van der Waals surface area contributed by atoms with Gasteiger partial charge in [-0.2, -0.15) is 0 Å². The number of rotatable bonds is 8. The van der Waals surface area contributed by atoms with E-state index in [1.165, 1.54) is 7.11 Å². The minimum Gasteiger partial charge on any atom is -0.479 e. The van der Waals surface area contributed by atoms with Gasteiger partial charge in [0.15, 0.2) is 0 Å². The van der Waals surface area contributed by atoms with Crippen LogP contribution in [0.4, 0.5) is 5.69 Å². The summed E-state index contributed by atoms with van der Waals surface area (Å²) >= 11 is 0. The molecule has 0 aliphatic rings. The summed E-state index contributed by atoms with van der Waals surface area (Å²) in [6, 6.07) is 12.7. The lowest BCUT2D eigenvalue weighted by Gasteiger charge is -2.13. The predicted molar refractivity (Wildman–Crippen MR) is 128 cm³/mol. The van der Waals surface area contributed by atoms with E-state index in [9.17, 15) is 9.59 Å². The van der Waals surface area contributed by atoms with Crippen molar-refractivity contribution in [1.29, 1.82) is 0 Å². The Morgan fingerprint density at radius 1 is 1.11 bits per heavy atom. The number of imidazole rings is 1. The summed E-state index contributed by atoms with van der Waals surface area (Å²) in [5.41, 5.74) is 3.05. The highest BCUT2D eigenvalue weighted by Gasteiger charge is 2.23. The molecule has 0 saturated carbocycles. The Labute approximate surface area is 201 Å². The van der Waals surface area contributed by atoms with Gasteiger partial charge >= 0.3 is 5.97 Å². The van der Waals surface area contributed by atoms with Gasteiger partial charge in [0.2, 0.25) is 5.88 Å². The normalized spacial score (nSPS) is 10.7. The molecule has 4 rings (SSSR count). The second kappa shape index (κ2) is 10.2. The molecule has 35 heavy (non-hydrogen) atoms. The van der Waals surface area contributed by atoms with Crippen molar-refractivity contribution < 1.29 is 23.6 Å². The van der Waals surface area contributed by atoms with Crippen molar-refractivity contribution in [2.75, 3.05) is 19.0 Å². The van der Waals surface area contributed by atoms with Crippen LogP contribution in [0.15, 0.2) is 53.2 Å². The molecule has 0 unspecified atom stereocenters. The molecule has 0 aliphatic carbocycles. The zero-order valence-electron chi connectivity index (χ0n) is 19.9. The van der Waals surface area contributed by atoms with Gasteiger partial charge in [0, 0.05) is 5.56 Å². The van der Waals surface area contributed by atoms with Crippen LogP contribution in [0.1, 0.15) is 28.9 Å². The number of hydrogen-bond acceptors (Lipinski definition) is 8. The van der Waals surface area contributed by atoms with Crippen LogP contribution in [0.3, 0.4) is 0 Å². The molecule has 3 heterocycles. The molecule has 0 saturated heterocycles. The standard InChI is InChI=1S/C25H25N5O5/c1-5-34-21(31)14-30-16(3)26-13-20(30)18-11-12-19(25(28-18)33-4)27-24(32)22-15(2)35-29-23(22)17-9-7-6-8-10-17/h6-13H,5,14H2,1-4H3,(H,27,32). The zero-order chi connectivity index (χ0) is 24.9. The van der Waals surface area contributed by atoms with Gasteiger partial charge in [0.25, 0.3) is 5.91 Å². The number of esters is 1. The first-order valence-electron chi connectivity index (χ1n) is 11.0. The predicted octanol–water partition coefficient (Wildman–Crippen LogP) is 4.04. The summed E-state index contributed by atoms with van der Waals surface area (Å²) in [7, 11) is 1.46. The molecule has 0 aliphatic heterocycles. The summed E-state index contributed by atoms with van der Waals surface area (Å²) in [6.07, 6.45) is 1.63. The van der Waals surface area contributed by atoms with Crippen molar-refractivity contribution in [3.05, 3.63) is 65.8 Å². The quantitative estimate of drug-likeness (QED) is 0.379. The first kappa shape index (κ1) is 23.7. The SMILES string of the molecule is CCOC(=O)Cn1c(-c2ccc(NC(=O)c3c(-c4ccccc4)noc3C)c(OC)n2)cnc1C. The fraction of sp³-hybridized carbons (Fsp3) is 0.240. The summed E-state index contributed by atoms with van der Waals surface area (Å²) in [5, 5.41) is 6.90. The number of methoxy groups -OCH3 is 1. The van der Waals surface area contributed by atoms with Gasteiger partial charge in [-0.3, -0.25) is 9.59 Å². The molecule has 0 spiro atoms. The van der Waals surface area contributed by atoms with Gasteiger partial charge in [0.05, 0.1) is 31.3 Å². The average molecular weight is 476 g/mol. The van der Waals surface area contributed by atoms with E-state index < -0.39 is 5.91 Å². The highest BCUT2D eigenvalue weighted by Crippen LogP contribution is 2.30. The molecule has 1 amide bonds. The molecule has 10 heteroatoms. The van der Waals surface area contributed by atoms with E-state index in [-0.39, 0.29) is 18.4 Å². The van der Waals surface area contributed by atoms with E-state index in [4.69, 9.17) is 14.0 Å². The van der Waals surface area contributed by atoms with E-state index in [1.54, 1.807) is 43.7 Å². The number of benzene rings is 1. The first-order valence-corrected chi connectivity index (χ1v) is 11.0. The lowest BCUT2D eigenvalue weighted by atomic mass is 10.1. The molecule has 1 N–H and O–H groups in total. The van der Waals surface area contributed by atoms with Gasteiger partial charge in [-0.15, -0.1) is 0 Å². The van der Waals surface area contributed by atoms with Crippen LogP contribution in [0.25, 0.3) is 22.6 Å². The van der Waals surface area contributed by atoms with Crippen LogP contribution < -0.4 is 10.1 Å². The smallest absolute Gasteiger partial charge is 0.326 e. The molecule has 0 fully saturated rings. The summed E-state index contributed by atoms with van der Waals surface area (Å²) < 4.78 is 17.5. The Hall–Kier alpha value is -4.47. The molecule has 180 valence electrons. The maximum Gasteiger partial charge on any atom is 0.326 e. The monoisotopic (exact) mass is 475 g/mol. The number of nitrogens with one attached hydrogen (secondary N) is 1. The van der Waals surface area contributed by atoms with Crippen molar-refractivity contribution in [3.8, 4) is 28.5 Å². The third-order valence-electron chi connectivity index (χ3n) is 5.35. The molecule has 1 aromatic carbocycles. The van der Waals surface area contributed by atoms with Gasteiger partial charge in [-0.1, -0.05) is 35.5 Å². The number of aromatic nitrogens is 4. The van der Waals surface area contributed by atoms with Crippen LogP contribution >= 0.6 is 0 Å². The minimum absolute atomic E-state index is 0.00647. The highest BCUT2D eigenvalue weighted by atomic mass is 16.5. The van der Waals surface area contributed by atoms with Crippen LogP contribution in [0.2, 0.25) is 0 Å². The Morgan fingerprint density at radius 2 is 1.89 bits per heavy atom. The second-order valence-corrected chi connectivity index (χ2v) is 7.62. The van der Waals surface area contributed by atoms with Crippen molar-refractivity contribution in [2.24, 2.45) is 0 Å². The Kier molecular flexibility index (Phi) is 6.91. The molecule has 0 radical (unpaired) electrons. The fourth-order valence-electron chi connectivity index (χ4n) is 3.66. The maximum absolute atomic E-state index is 13.2. The molecule has 10 nitrogen and oxygen atoms in total. The van der Waals surface area contributed by atoms with E-state index in [1.807, 2.05) is 30.3 Å². The average Bonchev–Trinajstić information content (AvgIpc) is 3.42. The van der Waals surface area contributed by atoms with Crippen LogP contribution in [-0.2, 0) is 16.1 Å². The summed E-state index contributed by atoms with van der Waals surface area (Å²) in [6.45, 7) is 5.52. The van der Waals surface area contributed by atoms with Crippen molar-refractivity contribution in [2.45, 2.75) is 27.3 Å². The molecule has 0 bridgehead atoms. The van der Waals surface area contributed by atoms with E-state index in [0.717, 1.165) is 5.56 Å². The zero-order valence-corrected chi connectivity index (χ0v) is 19.9. The number of ether oxygens (including phenoxy) is 2. The first-order chi connectivity index (χ1) is 16.9. The van der Waals surface area contributed by atoms with Gasteiger partial charge in [-0.25, -0.2) is 9.97 Å². The van der Waals surface area contributed by atoms with Crippen LogP contribution in [-0.4, -0.2) is 45.3 Å². The number of pyridine rings is 1. The van der Waals surface area contributed by atoms with Crippen molar-refractivity contribution >= 4 is 17.6 Å². The lowest BCUT2D eigenvalue weighted by Crippen LogP contribution is -2.16. The highest BCUT2D eigenvalue weighted by molar-refractivity contribution is 6.09. The topological polar surface area (TPSA) is 121 Å². The third-order valence-corrected chi connectivity index (χ3v) is 5.35. The summed E-state index contributed by atoms with van der Waals surface area (Å²) in [4.78, 5) is 34.1. The van der Waals surface area contributed by atoms with Crippen molar-refractivity contribution in [3.63, 3.8) is 0 Å². The second-order valence-electron chi connectivity index (χ2n) is 7.62. The number of amides is 1. The molecule has 0 atom stereocenters. The Balaban J connectivity index is 1.63. The van der Waals surface area contributed by atoms with E-state index in [2.05, 4.69) is 20.4 Å². The maximum atomic E-state index is 13.2. The number of carbonyl (C=O) groups is 2. The van der Waals surface area contributed by atoms with Gasteiger partial charge < -0.3 is 23.9 Å². The number of hydrogen-bond donors (Lipinski definition) is 1. The number of anilines is 1. The minimum atomic E-state index is -0.404. The Morgan fingerprint density at radius 3 is 2.60 bits per heavy atom. The lowest BCUT2D eigenvalue weighted by molar-refractivity contribution is -0.143. The van der Waals surface area contributed by atoms with E-state index in [0.29, 0.717) is 46.5 Å². The molecular formula is C25H25N5O5. The number of nitrogens with zero attached hydrogens (tertiary/aromatic N) is 4. The third kappa shape index (κ3) is 4.91. The largest absolute Gasteiger partial charge is 0.479 e. The van der Waals surface area contributed by atoms with Crippen molar-refractivity contribution in [1.82, 2.24) is 19.7 Å².